The number of carbonyl (C=O) groups is 1. The van der Waals surface area contributed by atoms with Gasteiger partial charge in [-0.1, -0.05) is 37.7 Å². The van der Waals surface area contributed by atoms with Gasteiger partial charge in [0.25, 0.3) is 5.56 Å². The first-order chi connectivity index (χ1) is 13.5. The van der Waals surface area contributed by atoms with Crippen molar-refractivity contribution in [2.24, 2.45) is 5.92 Å². The summed E-state index contributed by atoms with van der Waals surface area (Å²) in [5, 5.41) is 9.87. The number of benzene rings is 1. The summed E-state index contributed by atoms with van der Waals surface area (Å²) in [6.07, 6.45) is 0.879. The molecule has 0 aliphatic rings. The summed E-state index contributed by atoms with van der Waals surface area (Å²) in [5.41, 5.74) is 0.720. The van der Waals surface area contributed by atoms with E-state index in [1.165, 1.54) is 11.8 Å². The molecule has 0 atom stereocenters. The fourth-order valence-electron chi connectivity index (χ4n) is 3.21. The SMILES string of the molecule is CCN(CC)C(=O)CSc1nnc2n(CCC(C)C)c(=O)c3ccccc3n12. The molecule has 0 spiro atoms. The molecule has 1 aromatic carbocycles. The van der Waals surface area contributed by atoms with E-state index in [0.717, 1.165) is 11.9 Å². The topological polar surface area (TPSA) is 72.5 Å². The summed E-state index contributed by atoms with van der Waals surface area (Å²) in [4.78, 5) is 27.2. The zero-order chi connectivity index (χ0) is 20.3. The average molecular weight is 402 g/mol. The molecular weight excluding hydrogens is 374 g/mol. The third-order valence-corrected chi connectivity index (χ3v) is 5.76. The van der Waals surface area contributed by atoms with Gasteiger partial charge in [-0.3, -0.25) is 18.6 Å². The van der Waals surface area contributed by atoms with Crippen molar-refractivity contribution in [2.45, 2.75) is 45.8 Å². The van der Waals surface area contributed by atoms with Gasteiger partial charge in [0.15, 0.2) is 5.16 Å². The van der Waals surface area contributed by atoms with Crippen LogP contribution in [0.25, 0.3) is 16.7 Å². The third kappa shape index (κ3) is 3.92. The van der Waals surface area contributed by atoms with Gasteiger partial charge in [0.2, 0.25) is 11.7 Å². The highest BCUT2D eigenvalue weighted by atomic mass is 32.2. The second-order valence-electron chi connectivity index (χ2n) is 7.13. The molecule has 7 nitrogen and oxygen atoms in total. The molecule has 0 aliphatic carbocycles. The number of aromatic nitrogens is 4. The van der Waals surface area contributed by atoms with E-state index >= 15 is 0 Å². The molecule has 0 bridgehead atoms. The van der Waals surface area contributed by atoms with E-state index in [9.17, 15) is 9.59 Å². The van der Waals surface area contributed by atoms with Crippen LogP contribution in [0.4, 0.5) is 0 Å². The average Bonchev–Trinajstić information content (AvgIpc) is 3.11. The van der Waals surface area contributed by atoms with Crippen LogP contribution in [0.3, 0.4) is 0 Å². The van der Waals surface area contributed by atoms with E-state index in [2.05, 4.69) is 24.0 Å². The van der Waals surface area contributed by atoms with Crippen molar-refractivity contribution in [1.29, 1.82) is 0 Å². The van der Waals surface area contributed by atoms with Crippen molar-refractivity contribution in [3.63, 3.8) is 0 Å². The molecule has 0 saturated carbocycles. The Labute approximate surface area is 168 Å². The second-order valence-corrected chi connectivity index (χ2v) is 8.07. The molecule has 0 fully saturated rings. The summed E-state index contributed by atoms with van der Waals surface area (Å²) in [6, 6.07) is 7.49. The van der Waals surface area contributed by atoms with Gasteiger partial charge in [0.1, 0.15) is 0 Å². The highest BCUT2D eigenvalue weighted by molar-refractivity contribution is 7.99. The van der Waals surface area contributed by atoms with Crippen LogP contribution in [-0.2, 0) is 11.3 Å². The van der Waals surface area contributed by atoms with Gasteiger partial charge < -0.3 is 4.90 Å². The number of fused-ring (bicyclic) bond motifs is 3. The van der Waals surface area contributed by atoms with Gasteiger partial charge in [-0.05, 0) is 38.3 Å². The molecule has 0 aliphatic heterocycles. The standard InChI is InChI=1S/C20H27N5O2S/c1-5-23(6-2)17(26)13-28-20-22-21-19-24(12-11-14(3)4)18(27)15-9-7-8-10-16(15)25(19)20/h7-10,14H,5-6,11-13H2,1-4H3. The summed E-state index contributed by atoms with van der Waals surface area (Å²) in [5.74, 6) is 1.37. The van der Waals surface area contributed by atoms with E-state index < -0.39 is 0 Å². The first-order valence-corrected chi connectivity index (χ1v) is 10.7. The third-order valence-electron chi connectivity index (χ3n) is 4.85. The minimum atomic E-state index is -0.0492. The van der Waals surface area contributed by atoms with Gasteiger partial charge >= 0.3 is 0 Å². The molecule has 150 valence electrons. The summed E-state index contributed by atoms with van der Waals surface area (Å²) < 4.78 is 3.60. The van der Waals surface area contributed by atoms with E-state index in [0.29, 0.717) is 47.6 Å². The maximum Gasteiger partial charge on any atom is 0.262 e. The number of hydrogen-bond donors (Lipinski definition) is 0. The van der Waals surface area contributed by atoms with Crippen molar-refractivity contribution in [3.8, 4) is 0 Å². The largest absolute Gasteiger partial charge is 0.343 e. The molecule has 1 amide bonds. The van der Waals surface area contributed by atoms with Gasteiger partial charge in [-0.2, -0.15) is 0 Å². The number of rotatable bonds is 8. The van der Waals surface area contributed by atoms with Crippen molar-refractivity contribution in [2.75, 3.05) is 18.8 Å². The second kappa shape index (κ2) is 8.77. The van der Waals surface area contributed by atoms with E-state index in [-0.39, 0.29) is 11.5 Å². The number of thioether (sulfide) groups is 1. The normalized spacial score (nSPS) is 11.6. The lowest BCUT2D eigenvalue weighted by molar-refractivity contribution is -0.127. The molecular formula is C20H27N5O2S. The Morgan fingerprint density at radius 2 is 1.89 bits per heavy atom. The fourth-order valence-corrected chi connectivity index (χ4v) is 4.05. The smallest absolute Gasteiger partial charge is 0.262 e. The Balaban J connectivity index is 2.06. The highest BCUT2D eigenvalue weighted by Crippen LogP contribution is 2.22. The number of aryl methyl sites for hydroxylation is 1. The van der Waals surface area contributed by atoms with E-state index in [1.807, 2.05) is 42.5 Å². The van der Waals surface area contributed by atoms with Crippen molar-refractivity contribution in [3.05, 3.63) is 34.6 Å². The number of amides is 1. The van der Waals surface area contributed by atoms with Gasteiger partial charge in [0, 0.05) is 19.6 Å². The molecule has 0 saturated heterocycles. The van der Waals surface area contributed by atoms with Gasteiger partial charge in [-0.15, -0.1) is 10.2 Å². The fraction of sp³-hybridized carbons (Fsp3) is 0.500. The Morgan fingerprint density at radius 3 is 2.57 bits per heavy atom. The lowest BCUT2D eigenvalue weighted by Gasteiger charge is -2.18. The Morgan fingerprint density at radius 1 is 1.18 bits per heavy atom. The number of carbonyl (C=O) groups excluding carboxylic acids is 1. The van der Waals surface area contributed by atoms with Crippen LogP contribution >= 0.6 is 11.8 Å². The molecule has 3 aromatic rings. The van der Waals surface area contributed by atoms with Crippen LogP contribution in [0, 0.1) is 5.92 Å². The van der Waals surface area contributed by atoms with Crippen LogP contribution in [0.5, 0.6) is 0 Å². The lowest BCUT2D eigenvalue weighted by atomic mass is 10.1. The number of hydrogen-bond acceptors (Lipinski definition) is 5. The Bertz CT molecular complexity index is 1040. The summed E-state index contributed by atoms with van der Waals surface area (Å²) in [6.45, 7) is 10.2. The summed E-state index contributed by atoms with van der Waals surface area (Å²) >= 11 is 1.36. The predicted molar refractivity (Wildman–Crippen MR) is 113 cm³/mol. The first kappa shape index (κ1) is 20.4. The van der Waals surface area contributed by atoms with Crippen LogP contribution in [-0.4, -0.2) is 48.8 Å². The molecule has 8 heteroatoms. The van der Waals surface area contributed by atoms with Crippen molar-refractivity contribution in [1.82, 2.24) is 24.1 Å². The number of para-hydroxylation sites is 1. The number of nitrogens with zero attached hydrogens (tertiary/aromatic N) is 5. The molecule has 2 aromatic heterocycles. The van der Waals surface area contributed by atoms with Crippen LogP contribution < -0.4 is 5.56 Å². The van der Waals surface area contributed by atoms with Crippen LogP contribution in [0.2, 0.25) is 0 Å². The van der Waals surface area contributed by atoms with Gasteiger partial charge in [-0.25, -0.2) is 0 Å². The first-order valence-electron chi connectivity index (χ1n) is 9.75. The zero-order valence-corrected chi connectivity index (χ0v) is 17.7. The molecule has 0 radical (unpaired) electrons. The maximum atomic E-state index is 13.0. The van der Waals surface area contributed by atoms with Crippen molar-refractivity contribution < 1.29 is 4.79 Å². The maximum absolute atomic E-state index is 13.0. The predicted octanol–water partition coefficient (Wildman–Crippen LogP) is 3.05. The minimum absolute atomic E-state index is 0.0492. The van der Waals surface area contributed by atoms with Crippen LogP contribution in [0.1, 0.15) is 34.1 Å². The van der Waals surface area contributed by atoms with Gasteiger partial charge in [0.05, 0.1) is 16.7 Å². The molecule has 3 rings (SSSR count). The minimum Gasteiger partial charge on any atom is -0.343 e. The quantitative estimate of drug-likeness (QED) is 0.543. The monoisotopic (exact) mass is 401 g/mol. The van der Waals surface area contributed by atoms with Crippen LogP contribution in [0.15, 0.2) is 34.2 Å². The Hall–Kier alpha value is -2.35. The summed E-state index contributed by atoms with van der Waals surface area (Å²) in [7, 11) is 0. The molecule has 2 heterocycles. The van der Waals surface area contributed by atoms with E-state index in [4.69, 9.17) is 0 Å². The molecule has 28 heavy (non-hydrogen) atoms. The zero-order valence-electron chi connectivity index (χ0n) is 16.9. The van der Waals surface area contributed by atoms with Crippen molar-refractivity contribution >= 4 is 34.3 Å². The molecule has 0 unspecified atom stereocenters. The Kier molecular flexibility index (Phi) is 6.39. The molecule has 0 N–H and O–H groups in total. The van der Waals surface area contributed by atoms with E-state index in [1.54, 1.807) is 9.47 Å². The lowest BCUT2D eigenvalue weighted by Crippen LogP contribution is -2.31. The highest BCUT2D eigenvalue weighted by Gasteiger charge is 2.18.